The van der Waals surface area contributed by atoms with E-state index in [0.29, 0.717) is 5.92 Å². The van der Waals surface area contributed by atoms with Crippen LogP contribution in [-0.2, 0) is 21.0 Å². The van der Waals surface area contributed by atoms with Gasteiger partial charge in [0.2, 0.25) is 16.4 Å². The Morgan fingerprint density at radius 3 is 2.00 bits per heavy atom. The molecule has 0 radical (unpaired) electrons. The molecule has 0 bridgehead atoms. The lowest BCUT2D eigenvalue weighted by Gasteiger charge is -2.22. The van der Waals surface area contributed by atoms with Gasteiger partial charge in [0.25, 0.3) is 0 Å². The summed E-state index contributed by atoms with van der Waals surface area (Å²) in [6.45, 7) is 4.18. The minimum Gasteiger partial charge on any atom is -0.352 e. The van der Waals surface area contributed by atoms with Gasteiger partial charge in [0.05, 0.1) is 16.5 Å². The number of carbonyl (C=O) groups is 1. The molecule has 0 aliphatic heterocycles. The molecule has 33 heavy (non-hydrogen) atoms. The van der Waals surface area contributed by atoms with Crippen LogP contribution in [0.5, 0.6) is 0 Å². The van der Waals surface area contributed by atoms with Crippen LogP contribution >= 0.6 is 0 Å². The molecule has 5 nitrogen and oxygen atoms in total. The van der Waals surface area contributed by atoms with Gasteiger partial charge in [-0.2, -0.15) is 13.2 Å². The zero-order valence-corrected chi connectivity index (χ0v) is 19.6. The highest BCUT2D eigenvalue weighted by Gasteiger charge is 2.31. The van der Waals surface area contributed by atoms with Gasteiger partial charge < -0.3 is 5.32 Å². The molecule has 2 aromatic rings. The Morgan fingerprint density at radius 1 is 0.939 bits per heavy atom. The van der Waals surface area contributed by atoms with Crippen molar-refractivity contribution in [2.45, 2.75) is 69.1 Å². The normalized spacial score (nSPS) is 15.9. The molecule has 2 N–H and O–H groups in total. The molecule has 1 unspecified atom stereocenters. The maximum absolute atomic E-state index is 12.4. The van der Waals surface area contributed by atoms with Crippen LogP contribution in [0.15, 0.2) is 59.5 Å². The highest BCUT2D eigenvalue weighted by atomic mass is 32.2. The predicted molar refractivity (Wildman–Crippen MR) is 122 cm³/mol. The zero-order valence-electron chi connectivity index (χ0n) is 18.8. The Kier molecular flexibility index (Phi) is 9.91. The summed E-state index contributed by atoms with van der Waals surface area (Å²) in [5.74, 6) is 0.410. The summed E-state index contributed by atoms with van der Waals surface area (Å²) in [7, 11) is -3.74. The summed E-state index contributed by atoms with van der Waals surface area (Å²) in [5.41, 5.74) is 0.304. The summed E-state index contributed by atoms with van der Waals surface area (Å²) in [5, 5.41) is 2.82. The second-order valence-corrected chi connectivity index (χ2v) is 10.1. The van der Waals surface area contributed by atoms with Crippen LogP contribution < -0.4 is 10.0 Å². The number of carbonyl (C=O) groups excluding carboxylic acids is 1. The molecule has 1 atom stereocenters. The number of sulfonamides is 1. The molecule has 2 aromatic carbocycles. The van der Waals surface area contributed by atoms with Crippen LogP contribution in [0.3, 0.4) is 0 Å². The first kappa shape index (κ1) is 26.9. The van der Waals surface area contributed by atoms with Crippen LogP contribution in [0.25, 0.3) is 0 Å². The van der Waals surface area contributed by atoms with Gasteiger partial charge in [0.1, 0.15) is 0 Å². The lowest BCUT2D eigenvalue weighted by atomic mass is 9.96. The van der Waals surface area contributed by atoms with Crippen molar-refractivity contribution in [3.63, 3.8) is 0 Å². The number of rotatable bonds is 7. The molecule has 1 saturated carbocycles. The predicted octanol–water partition coefficient (Wildman–Crippen LogP) is 5.45. The number of alkyl halides is 3. The van der Waals surface area contributed by atoms with Gasteiger partial charge >= 0.3 is 6.18 Å². The SMILES string of the molecule is CC(C)C(NC=O)c1ccccc1.O=S(=O)(NC1CCCCC1)c1ccc(C(F)(F)F)cc1. The molecule has 1 fully saturated rings. The highest BCUT2D eigenvalue weighted by molar-refractivity contribution is 7.89. The number of hydrogen-bond acceptors (Lipinski definition) is 3. The topological polar surface area (TPSA) is 75.3 Å². The van der Waals surface area contributed by atoms with Crippen molar-refractivity contribution in [3.8, 4) is 0 Å². The third kappa shape index (κ3) is 8.47. The molecule has 0 saturated heterocycles. The summed E-state index contributed by atoms with van der Waals surface area (Å²) < 4.78 is 64.0. The second kappa shape index (κ2) is 12.2. The monoisotopic (exact) mass is 484 g/mol. The summed E-state index contributed by atoms with van der Waals surface area (Å²) in [6.07, 6.45) is 0.898. The van der Waals surface area contributed by atoms with E-state index in [2.05, 4.69) is 23.9 Å². The van der Waals surface area contributed by atoms with Crippen molar-refractivity contribution in [3.05, 3.63) is 65.7 Å². The lowest BCUT2D eigenvalue weighted by Crippen LogP contribution is -2.36. The third-order valence-electron chi connectivity index (χ3n) is 5.49. The largest absolute Gasteiger partial charge is 0.416 e. The van der Waals surface area contributed by atoms with E-state index in [1.165, 1.54) is 0 Å². The van der Waals surface area contributed by atoms with E-state index < -0.39 is 21.8 Å². The van der Waals surface area contributed by atoms with Gasteiger partial charge in [-0.25, -0.2) is 13.1 Å². The smallest absolute Gasteiger partial charge is 0.352 e. The molecule has 0 spiro atoms. The van der Waals surface area contributed by atoms with Crippen molar-refractivity contribution >= 4 is 16.4 Å². The summed E-state index contributed by atoms with van der Waals surface area (Å²) in [6, 6.07) is 13.6. The molecule has 0 aromatic heterocycles. The van der Waals surface area contributed by atoms with Gasteiger partial charge in [0.15, 0.2) is 0 Å². The molecule has 9 heteroatoms. The van der Waals surface area contributed by atoms with E-state index in [1.807, 2.05) is 30.3 Å². The van der Waals surface area contributed by atoms with Crippen molar-refractivity contribution in [1.82, 2.24) is 10.0 Å². The third-order valence-corrected chi connectivity index (χ3v) is 7.03. The van der Waals surface area contributed by atoms with Gasteiger partial charge in [0, 0.05) is 6.04 Å². The Bertz CT molecular complexity index is 957. The lowest BCUT2D eigenvalue weighted by molar-refractivity contribution is -0.137. The number of nitrogens with one attached hydrogen (secondary N) is 2. The van der Waals surface area contributed by atoms with E-state index in [0.717, 1.165) is 68.3 Å². The van der Waals surface area contributed by atoms with Gasteiger partial charge in [-0.1, -0.05) is 63.4 Å². The van der Waals surface area contributed by atoms with E-state index in [9.17, 15) is 26.4 Å². The molecular weight excluding hydrogens is 453 g/mol. The molecule has 1 aliphatic rings. The van der Waals surface area contributed by atoms with E-state index in [-0.39, 0.29) is 17.0 Å². The summed E-state index contributed by atoms with van der Waals surface area (Å²) in [4.78, 5) is 10.3. The Morgan fingerprint density at radius 2 is 1.52 bits per heavy atom. The van der Waals surface area contributed by atoms with Gasteiger partial charge in [-0.3, -0.25) is 4.79 Å². The van der Waals surface area contributed by atoms with Crippen LogP contribution in [0.4, 0.5) is 13.2 Å². The molecule has 182 valence electrons. The molecule has 1 aliphatic carbocycles. The van der Waals surface area contributed by atoms with Crippen LogP contribution in [0.1, 0.15) is 63.1 Å². The second-order valence-electron chi connectivity index (χ2n) is 8.40. The fourth-order valence-corrected chi connectivity index (χ4v) is 5.04. The minimum absolute atomic E-state index is 0.115. The van der Waals surface area contributed by atoms with Crippen molar-refractivity contribution in [2.24, 2.45) is 5.92 Å². The maximum Gasteiger partial charge on any atom is 0.416 e. The maximum atomic E-state index is 12.4. The minimum atomic E-state index is -4.46. The number of hydrogen-bond donors (Lipinski definition) is 2. The van der Waals surface area contributed by atoms with E-state index in [1.54, 1.807) is 0 Å². The first-order chi connectivity index (χ1) is 15.5. The van der Waals surface area contributed by atoms with Crippen LogP contribution in [0.2, 0.25) is 0 Å². The Hall–Kier alpha value is -2.39. The van der Waals surface area contributed by atoms with Crippen molar-refractivity contribution in [2.75, 3.05) is 0 Å². The van der Waals surface area contributed by atoms with Gasteiger partial charge in [-0.05, 0) is 48.6 Å². The van der Waals surface area contributed by atoms with E-state index >= 15 is 0 Å². The Balaban J connectivity index is 0.000000257. The molecule has 0 heterocycles. The highest BCUT2D eigenvalue weighted by Crippen LogP contribution is 2.30. The average molecular weight is 485 g/mol. The quantitative estimate of drug-likeness (QED) is 0.514. The number of halogens is 3. The number of amides is 1. The Labute approximate surface area is 193 Å². The van der Waals surface area contributed by atoms with Gasteiger partial charge in [-0.15, -0.1) is 0 Å². The van der Waals surface area contributed by atoms with E-state index in [4.69, 9.17) is 0 Å². The average Bonchev–Trinajstić information content (AvgIpc) is 2.78. The zero-order chi connectivity index (χ0) is 24.5. The standard InChI is InChI=1S/C13H16F3NO2S.C11H15NO/c14-13(15,16)10-6-8-12(9-7-10)20(18,19)17-11-4-2-1-3-5-11;1-9(2)11(12-8-13)10-6-4-3-5-7-10/h6-9,11,17H,1-5H2;3-9,11H,1-2H3,(H,12,13). The fourth-order valence-electron chi connectivity index (χ4n) is 3.74. The fraction of sp³-hybridized carbons (Fsp3) is 0.458. The summed E-state index contributed by atoms with van der Waals surface area (Å²) >= 11 is 0. The molecule has 1 amide bonds. The number of benzene rings is 2. The van der Waals surface area contributed by atoms with Crippen molar-refractivity contribution < 1.29 is 26.4 Å². The first-order valence-electron chi connectivity index (χ1n) is 11.0. The molecular formula is C24H31F3N2O3S. The first-order valence-corrected chi connectivity index (χ1v) is 12.5. The van der Waals surface area contributed by atoms with Crippen molar-refractivity contribution in [1.29, 1.82) is 0 Å². The van der Waals surface area contributed by atoms with Crippen LogP contribution in [-0.4, -0.2) is 20.9 Å². The molecule has 3 rings (SSSR count). The van der Waals surface area contributed by atoms with Crippen LogP contribution in [0, 0.1) is 5.92 Å².